The van der Waals surface area contributed by atoms with E-state index in [2.05, 4.69) is 5.10 Å². The van der Waals surface area contributed by atoms with Crippen LogP contribution >= 0.6 is 11.3 Å². The number of carbonyl (C=O) groups is 3. The highest BCUT2D eigenvalue weighted by Crippen LogP contribution is 2.32. The number of thiophene rings is 1. The van der Waals surface area contributed by atoms with Crippen LogP contribution in [-0.2, 0) is 20.9 Å². The normalized spacial score (nSPS) is 18.7. The van der Waals surface area contributed by atoms with Gasteiger partial charge in [0.05, 0.1) is 25.7 Å². The molecule has 1 unspecified atom stereocenters. The molecule has 3 rings (SSSR count). The van der Waals surface area contributed by atoms with Crippen molar-refractivity contribution in [3.05, 3.63) is 38.8 Å². The zero-order chi connectivity index (χ0) is 27.4. The van der Waals surface area contributed by atoms with E-state index < -0.39 is 47.9 Å². The van der Waals surface area contributed by atoms with Crippen molar-refractivity contribution in [1.29, 1.82) is 0 Å². The number of hydrogen-bond donors (Lipinski definition) is 2. The Kier molecular flexibility index (Phi) is 9.40. The van der Waals surface area contributed by atoms with Crippen molar-refractivity contribution >= 4 is 29.2 Å². The van der Waals surface area contributed by atoms with Gasteiger partial charge in [-0.3, -0.25) is 14.5 Å². The maximum Gasteiger partial charge on any atom is 0.437 e. The minimum atomic E-state index is -1.34. The lowest BCUT2D eigenvalue weighted by Gasteiger charge is -2.38. The number of amides is 3. The first kappa shape index (κ1) is 28.7. The van der Waals surface area contributed by atoms with Gasteiger partial charge in [0.15, 0.2) is 0 Å². The van der Waals surface area contributed by atoms with Crippen LogP contribution in [0.25, 0.3) is 0 Å². The van der Waals surface area contributed by atoms with Crippen LogP contribution in [-0.4, -0.2) is 74.4 Å². The number of nitrogens with zero attached hydrogens (tertiary/aromatic N) is 4. The third-order valence-electron chi connectivity index (χ3n) is 6.56. The van der Waals surface area contributed by atoms with Gasteiger partial charge in [0.2, 0.25) is 5.89 Å². The molecule has 37 heavy (non-hydrogen) atoms. The van der Waals surface area contributed by atoms with Gasteiger partial charge in [-0.15, -0.1) is 5.10 Å². The summed E-state index contributed by atoms with van der Waals surface area (Å²) in [7, 11) is 1.08. The minimum Gasteiger partial charge on any atom is -0.452 e. The maximum absolute atomic E-state index is 13.6. The lowest BCUT2D eigenvalue weighted by molar-refractivity contribution is -0.147. The lowest BCUT2D eigenvalue weighted by Crippen LogP contribution is -2.58. The Labute approximate surface area is 219 Å². The Morgan fingerprint density at radius 1 is 1.30 bits per heavy atom. The fourth-order valence-electron chi connectivity index (χ4n) is 4.55. The van der Waals surface area contributed by atoms with Crippen LogP contribution in [0.4, 0.5) is 4.79 Å². The van der Waals surface area contributed by atoms with Gasteiger partial charge in [0.25, 0.3) is 11.8 Å². The molecule has 0 aromatic carbocycles. The number of hydrogen-bond acceptors (Lipinski definition) is 11. The number of rotatable bonds is 9. The Morgan fingerprint density at radius 3 is 2.57 bits per heavy atom. The number of ether oxygens (including phenoxy) is 1. The van der Waals surface area contributed by atoms with Crippen molar-refractivity contribution in [2.45, 2.75) is 71.3 Å². The predicted octanol–water partition coefficient (Wildman–Crippen LogP) is 1.57. The Morgan fingerprint density at radius 2 is 2.00 bits per heavy atom. The number of nitrogens with two attached hydrogens (primary N) is 1. The Balaban J connectivity index is 1.89. The van der Waals surface area contributed by atoms with Gasteiger partial charge in [-0.05, 0) is 53.6 Å². The van der Waals surface area contributed by atoms with Crippen molar-refractivity contribution in [2.75, 3.05) is 13.7 Å². The van der Waals surface area contributed by atoms with Crippen LogP contribution in [0, 0.1) is 11.8 Å². The molecule has 0 saturated carbocycles. The standard InChI is InChI=1S/C24H35N5O7S/c1-13(2)17(25)22(32)29(24(34)35-5)21(31)16-7-6-9-27(16)18(14(3)4)19(30)20-26-28(23(33)36-20)11-15-8-10-37-12-15/h8,10,12-14,16-19,30H,6-7,9,11,25H2,1-5H3/t16-,17-,18+,19?/m0/s1. The number of carbonyl (C=O) groups excluding carboxylic acids is 3. The average Bonchev–Trinajstić information content (AvgIpc) is 3.61. The van der Waals surface area contributed by atoms with E-state index in [0.29, 0.717) is 24.3 Å². The lowest BCUT2D eigenvalue weighted by atomic mass is 9.95. The molecule has 204 valence electrons. The van der Waals surface area contributed by atoms with Gasteiger partial charge in [0, 0.05) is 6.04 Å². The molecule has 0 radical (unpaired) electrons. The first-order valence-corrected chi connectivity index (χ1v) is 13.2. The van der Waals surface area contributed by atoms with E-state index in [0.717, 1.165) is 17.4 Å². The van der Waals surface area contributed by atoms with Gasteiger partial charge in [-0.25, -0.2) is 9.59 Å². The van der Waals surface area contributed by atoms with Crippen LogP contribution in [0.1, 0.15) is 58.1 Å². The molecule has 1 aliphatic heterocycles. The van der Waals surface area contributed by atoms with Crippen molar-refractivity contribution in [3.63, 3.8) is 0 Å². The molecular weight excluding hydrogens is 502 g/mol. The van der Waals surface area contributed by atoms with Crippen LogP contribution in [0.15, 0.2) is 26.0 Å². The van der Waals surface area contributed by atoms with E-state index in [9.17, 15) is 24.3 Å². The second-order valence-electron chi connectivity index (χ2n) is 9.82. The number of imide groups is 3. The second-order valence-corrected chi connectivity index (χ2v) is 10.6. The largest absolute Gasteiger partial charge is 0.452 e. The van der Waals surface area contributed by atoms with Crippen LogP contribution < -0.4 is 11.5 Å². The number of aliphatic hydroxyl groups is 1. The molecule has 12 nitrogen and oxygen atoms in total. The Bertz CT molecular complexity index is 1140. The minimum absolute atomic E-state index is 0.167. The van der Waals surface area contributed by atoms with Crippen LogP contribution in [0.3, 0.4) is 0 Å². The number of likely N-dealkylation sites (tertiary alicyclic amines) is 1. The van der Waals surface area contributed by atoms with Gasteiger partial charge in [-0.2, -0.15) is 20.9 Å². The highest BCUT2D eigenvalue weighted by atomic mass is 32.1. The molecule has 1 fully saturated rings. The summed E-state index contributed by atoms with van der Waals surface area (Å²) in [5, 5.41) is 19.3. The molecular formula is C24H35N5O7S. The van der Waals surface area contributed by atoms with Gasteiger partial charge in [0.1, 0.15) is 6.10 Å². The smallest absolute Gasteiger partial charge is 0.437 e. The summed E-state index contributed by atoms with van der Waals surface area (Å²) in [6, 6.07) is -0.814. The predicted molar refractivity (Wildman–Crippen MR) is 135 cm³/mol. The van der Waals surface area contributed by atoms with E-state index >= 15 is 0 Å². The number of aromatic nitrogens is 2. The number of aliphatic hydroxyl groups excluding tert-OH is 1. The molecule has 0 bridgehead atoms. The number of methoxy groups -OCH3 is 1. The van der Waals surface area contributed by atoms with Gasteiger partial charge < -0.3 is 20.0 Å². The molecule has 3 N–H and O–H groups in total. The van der Waals surface area contributed by atoms with E-state index in [4.69, 9.17) is 14.9 Å². The molecule has 2 aromatic rings. The zero-order valence-electron chi connectivity index (χ0n) is 21.7. The van der Waals surface area contributed by atoms with Crippen molar-refractivity contribution < 1.29 is 28.6 Å². The van der Waals surface area contributed by atoms with E-state index in [1.165, 1.54) is 11.3 Å². The summed E-state index contributed by atoms with van der Waals surface area (Å²) >= 11 is 1.49. The van der Waals surface area contributed by atoms with E-state index in [1.807, 2.05) is 30.7 Å². The van der Waals surface area contributed by atoms with Crippen LogP contribution in [0.2, 0.25) is 0 Å². The molecule has 1 aliphatic rings. The quantitative estimate of drug-likeness (QED) is 0.480. The fraction of sp³-hybridized carbons (Fsp3) is 0.625. The first-order chi connectivity index (χ1) is 17.5. The van der Waals surface area contributed by atoms with Crippen molar-refractivity contribution in [3.8, 4) is 0 Å². The molecule has 3 heterocycles. The third-order valence-corrected chi connectivity index (χ3v) is 7.29. The molecule has 0 spiro atoms. The zero-order valence-corrected chi connectivity index (χ0v) is 22.5. The van der Waals surface area contributed by atoms with E-state index in [-0.39, 0.29) is 24.3 Å². The second kappa shape index (κ2) is 12.1. The van der Waals surface area contributed by atoms with Crippen LogP contribution in [0.5, 0.6) is 0 Å². The SMILES string of the molecule is COC(=O)N(C(=O)[C@@H](N)C(C)C)C(=O)[C@@H]1CCCN1[C@H](C(C)C)C(O)c1nn(Cc2ccsc2)c(=O)o1. The van der Waals surface area contributed by atoms with E-state index in [1.54, 1.807) is 18.7 Å². The molecule has 1 saturated heterocycles. The highest BCUT2D eigenvalue weighted by molar-refractivity contribution is 7.07. The summed E-state index contributed by atoms with van der Waals surface area (Å²) in [5.41, 5.74) is 6.84. The van der Waals surface area contributed by atoms with Crippen molar-refractivity contribution in [1.82, 2.24) is 19.6 Å². The molecule has 3 amide bonds. The van der Waals surface area contributed by atoms with Gasteiger partial charge in [-0.1, -0.05) is 27.7 Å². The topological polar surface area (TPSA) is 161 Å². The molecule has 2 aromatic heterocycles. The van der Waals surface area contributed by atoms with Crippen molar-refractivity contribution in [2.24, 2.45) is 17.6 Å². The fourth-order valence-corrected chi connectivity index (χ4v) is 5.21. The molecule has 13 heteroatoms. The first-order valence-electron chi connectivity index (χ1n) is 12.2. The summed E-state index contributed by atoms with van der Waals surface area (Å²) in [5.74, 6) is -3.02. The Hall–Kier alpha value is -2.87. The highest BCUT2D eigenvalue weighted by Gasteiger charge is 2.46. The monoisotopic (exact) mass is 537 g/mol. The van der Waals surface area contributed by atoms with Gasteiger partial charge >= 0.3 is 11.8 Å². The summed E-state index contributed by atoms with van der Waals surface area (Å²) in [6.07, 6.45) is -1.52. The summed E-state index contributed by atoms with van der Waals surface area (Å²) < 4.78 is 11.2. The average molecular weight is 538 g/mol. The summed E-state index contributed by atoms with van der Waals surface area (Å²) in [4.78, 5) is 53.6. The molecule has 0 aliphatic carbocycles. The maximum atomic E-state index is 13.6. The summed E-state index contributed by atoms with van der Waals surface area (Å²) in [6.45, 7) is 7.73. The third kappa shape index (κ3) is 6.17. The molecule has 4 atom stereocenters.